The van der Waals surface area contributed by atoms with Crippen molar-refractivity contribution in [2.45, 2.75) is 74.4 Å². The summed E-state index contributed by atoms with van der Waals surface area (Å²) in [4.78, 5) is 73.3. The number of carbonyl (C=O) groups is 6. The molecule has 0 aliphatic heterocycles. The normalized spacial score (nSPS) is 14.4. The maximum Gasteiger partial charge on any atom is 0.348 e. The Bertz CT molecular complexity index is 1220. The summed E-state index contributed by atoms with van der Waals surface area (Å²) in [6.45, 7) is 4.73. The van der Waals surface area contributed by atoms with Gasteiger partial charge >= 0.3 is 35.8 Å². The van der Waals surface area contributed by atoms with Crippen LogP contribution in [0.2, 0.25) is 0 Å². The van der Waals surface area contributed by atoms with Crippen molar-refractivity contribution in [1.82, 2.24) is 0 Å². The quantitative estimate of drug-likeness (QED) is 0.0497. The van der Waals surface area contributed by atoms with Crippen LogP contribution in [-0.4, -0.2) is 81.7 Å². The van der Waals surface area contributed by atoms with Crippen molar-refractivity contribution >= 4 is 79.6 Å². The third-order valence-electron chi connectivity index (χ3n) is 4.61. The minimum Gasteiger partial charge on any atom is -0.412 e. The molecule has 0 bridgehead atoms. The van der Waals surface area contributed by atoms with Gasteiger partial charge in [0.2, 0.25) is 8.16 Å². The summed E-state index contributed by atoms with van der Waals surface area (Å²) >= 11 is -1.05. The first-order chi connectivity index (χ1) is 18.7. The van der Waals surface area contributed by atoms with Crippen LogP contribution in [0.15, 0.2) is 0 Å². The molecule has 0 rings (SSSR count). The molecule has 0 amide bonds. The van der Waals surface area contributed by atoms with Crippen molar-refractivity contribution in [3.05, 3.63) is 0 Å². The van der Waals surface area contributed by atoms with Gasteiger partial charge in [0.05, 0.1) is 12.8 Å². The maximum absolute atomic E-state index is 13.1. The molecule has 0 spiro atoms. The van der Waals surface area contributed by atoms with Gasteiger partial charge in [0.25, 0.3) is 20.2 Å². The number of rotatable bonds is 14. The minimum absolute atomic E-state index is 0.409. The second kappa shape index (κ2) is 15.1. The first-order valence-electron chi connectivity index (χ1n) is 11.4. The van der Waals surface area contributed by atoms with Crippen molar-refractivity contribution in [2.24, 2.45) is 0 Å². The van der Waals surface area contributed by atoms with Gasteiger partial charge in [0, 0.05) is 25.7 Å². The maximum atomic E-state index is 13.1. The molecule has 0 aliphatic rings. The highest BCUT2D eigenvalue weighted by atomic mass is 32.3. The number of esters is 6. The summed E-state index contributed by atoms with van der Waals surface area (Å²) in [6, 6.07) is 0. The first-order valence-corrected chi connectivity index (χ1v) is 15.1. The molecule has 4 N–H and O–H groups in total. The SMILES string of the molecule is CCC(=O)OC(=N)CC(SC(CC(=N)OC(=O)CC)(C(=O)OC(=O)CC)S(=O)(=O)O)(C(=O)OC(=O)CC)S(=O)(=O)O. The van der Waals surface area contributed by atoms with Crippen LogP contribution >= 0.6 is 11.8 Å². The second-order valence-corrected chi connectivity index (χ2v) is 13.1. The van der Waals surface area contributed by atoms with Gasteiger partial charge in [-0.1, -0.05) is 39.5 Å². The Kier molecular flexibility index (Phi) is 13.9. The van der Waals surface area contributed by atoms with E-state index in [1.807, 2.05) is 0 Å². The van der Waals surface area contributed by atoms with E-state index < -0.39 is 126 Å². The number of hydrogen-bond acceptors (Lipinski definition) is 17. The van der Waals surface area contributed by atoms with E-state index in [2.05, 4.69) is 18.9 Å². The lowest BCUT2D eigenvalue weighted by molar-refractivity contribution is -0.160. The van der Waals surface area contributed by atoms with Crippen LogP contribution < -0.4 is 0 Å². The molecule has 2 atom stereocenters. The third-order valence-corrected chi connectivity index (χ3v) is 9.95. The average molecular weight is 649 g/mol. The molecule has 41 heavy (non-hydrogen) atoms. The van der Waals surface area contributed by atoms with Gasteiger partial charge in [0.1, 0.15) is 0 Å². The fourth-order valence-electron chi connectivity index (χ4n) is 2.49. The lowest BCUT2D eigenvalue weighted by atomic mass is 10.2. The fourth-order valence-corrected chi connectivity index (χ4v) is 6.66. The topological polar surface area (TPSA) is 296 Å². The smallest absolute Gasteiger partial charge is 0.348 e. The van der Waals surface area contributed by atoms with Crippen molar-refractivity contribution in [1.29, 1.82) is 10.8 Å². The van der Waals surface area contributed by atoms with Crippen LogP contribution in [-0.2, 0) is 68.0 Å². The first kappa shape index (κ1) is 37.7. The summed E-state index contributed by atoms with van der Waals surface area (Å²) in [5.74, 6) is -12.9. The number of nitrogens with one attached hydrogen (secondary N) is 2. The lowest BCUT2D eigenvalue weighted by Crippen LogP contribution is -2.56. The summed E-state index contributed by atoms with van der Waals surface area (Å²) < 4.78 is 80.8. The molecule has 0 aromatic rings. The zero-order chi connectivity index (χ0) is 32.4. The molecule has 0 aromatic heterocycles. The Balaban J connectivity index is 7.68. The van der Waals surface area contributed by atoms with Gasteiger partial charge in [-0.25, -0.2) is 9.59 Å². The van der Waals surface area contributed by atoms with Crippen molar-refractivity contribution < 1.29 is 73.7 Å². The Morgan fingerprint density at radius 1 is 0.585 bits per heavy atom. The second-order valence-electron chi connectivity index (χ2n) is 7.64. The Hall–Kier alpha value is -3.27. The van der Waals surface area contributed by atoms with Gasteiger partial charge in [-0.15, -0.1) is 0 Å². The number of carbonyl (C=O) groups excluding carboxylic acids is 6. The number of ether oxygens (including phenoxy) is 4. The van der Waals surface area contributed by atoms with E-state index >= 15 is 0 Å². The Labute approximate surface area is 238 Å². The van der Waals surface area contributed by atoms with E-state index in [-0.39, 0.29) is 0 Å². The highest BCUT2D eigenvalue weighted by molar-refractivity contribution is 8.22. The highest BCUT2D eigenvalue weighted by Gasteiger charge is 2.66. The summed E-state index contributed by atoms with van der Waals surface area (Å²) in [5.41, 5.74) is 0. The van der Waals surface area contributed by atoms with Gasteiger partial charge in [-0.05, 0) is 0 Å². The lowest BCUT2D eigenvalue weighted by Gasteiger charge is -2.35. The monoisotopic (exact) mass is 648 g/mol. The van der Waals surface area contributed by atoms with E-state index in [0.29, 0.717) is 0 Å². The van der Waals surface area contributed by atoms with Crippen LogP contribution in [0.1, 0.15) is 66.2 Å². The molecule has 0 heterocycles. The van der Waals surface area contributed by atoms with Gasteiger partial charge < -0.3 is 18.9 Å². The molecule has 0 aromatic carbocycles. The van der Waals surface area contributed by atoms with Gasteiger partial charge in [-0.3, -0.25) is 39.1 Å². The molecule has 0 fully saturated rings. The molecule has 0 saturated carbocycles. The van der Waals surface area contributed by atoms with E-state index in [0.717, 1.165) is 13.8 Å². The Morgan fingerprint density at radius 2 is 0.829 bits per heavy atom. The zero-order valence-corrected chi connectivity index (χ0v) is 24.5. The van der Waals surface area contributed by atoms with Gasteiger partial charge in [-0.2, -0.15) is 16.8 Å². The summed E-state index contributed by atoms with van der Waals surface area (Å²) in [5, 5.41) is 15.7. The molecular weight excluding hydrogens is 620 g/mol. The summed E-state index contributed by atoms with van der Waals surface area (Å²) in [6.07, 6.45) is -5.68. The minimum atomic E-state index is -6.18. The molecular formula is C20H28N2O16S3. The Morgan fingerprint density at radius 3 is 1.05 bits per heavy atom. The summed E-state index contributed by atoms with van der Waals surface area (Å²) in [7, 11) is -12.4. The molecule has 0 radical (unpaired) electrons. The van der Waals surface area contributed by atoms with E-state index in [4.69, 9.17) is 10.8 Å². The van der Waals surface area contributed by atoms with Crippen LogP contribution in [0.4, 0.5) is 0 Å². The van der Waals surface area contributed by atoms with Crippen LogP contribution in [0, 0.1) is 10.8 Å². The molecule has 21 heteroatoms. The predicted molar refractivity (Wildman–Crippen MR) is 136 cm³/mol. The van der Waals surface area contributed by atoms with E-state index in [9.17, 15) is 54.7 Å². The number of thioether (sulfide) groups is 1. The molecule has 2 unspecified atom stereocenters. The van der Waals surface area contributed by atoms with Crippen molar-refractivity contribution in [3.63, 3.8) is 0 Å². The highest BCUT2D eigenvalue weighted by Crippen LogP contribution is 2.49. The molecule has 0 aliphatic carbocycles. The van der Waals surface area contributed by atoms with Crippen LogP contribution in [0.25, 0.3) is 0 Å². The predicted octanol–water partition coefficient (Wildman–Crippen LogP) is 0.489. The molecule has 0 saturated heterocycles. The largest absolute Gasteiger partial charge is 0.412 e. The number of hydrogen-bond donors (Lipinski definition) is 4. The molecule has 18 nitrogen and oxygen atoms in total. The van der Waals surface area contributed by atoms with E-state index in [1.165, 1.54) is 13.8 Å². The van der Waals surface area contributed by atoms with Crippen LogP contribution in [0.3, 0.4) is 0 Å². The fraction of sp³-hybridized carbons (Fsp3) is 0.600. The zero-order valence-electron chi connectivity index (χ0n) is 22.1. The standard InChI is InChI=1S/C20H28N2O16S3/c1-5-13(23)35-11(21)9-19(40(29,30)31,17(27)37-15(25)7-3)39-20(41(32,33)34,18(28)38-16(26)8-4)10-12(22)36-14(24)6-2/h21-22H,5-10H2,1-4H3,(H,29,30,31)(H,32,33,34). The van der Waals surface area contributed by atoms with Gasteiger partial charge in [0.15, 0.2) is 11.8 Å². The van der Waals surface area contributed by atoms with Crippen molar-refractivity contribution in [2.75, 3.05) is 0 Å². The van der Waals surface area contributed by atoms with E-state index in [1.54, 1.807) is 0 Å². The molecule has 232 valence electrons. The average Bonchev–Trinajstić information content (AvgIpc) is 2.85. The van der Waals surface area contributed by atoms with Crippen LogP contribution in [0.5, 0.6) is 0 Å². The third kappa shape index (κ3) is 9.95. The van der Waals surface area contributed by atoms with Crippen molar-refractivity contribution in [3.8, 4) is 0 Å².